The zero-order chi connectivity index (χ0) is 32.1. The van der Waals surface area contributed by atoms with Crippen molar-refractivity contribution in [2.24, 2.45) is 5.92 Å². The molecule has 1 atom stereocenters. The van der Waals surface area contributed by atoms with Gasteiger partial charge >= 0.3 is 7.12 Å². The average Bonchev–Trinajstić information content (AvgIpc) is 3.43. The maximum absolute atomic E-state index is 9.42. The summed E-state index contributed by atoms with van der Waals surface area (Å²) in [5.74, 6) is 0.273. The molecule has 0 spiro atoms. The van der Waals surface area contributed by atoms with E-state index in [9.17, 15) is 10.0 Å². The topological polar surface area (TPSA) is 52.5 Å². The minimum Gasteiger partial charge on any atom is -0.423 e. The number of hydrogen-bond donors (Lipinski definition) is 3. The van der Waals surface area contributed by atoms with Gasteiger partial charge in [-0.1, -0.05) is 158 Å². The highest BCUT2D eigenvalue weighted by Gasteiger charge is 2.45. The molecule has 0 saturated carbocycles. The number of rotatable bonds is 9. The van der Waals surface area contributed by atoms with Gasteiger partial charge in [-0.2, -0.15) is 0 Å². The van der Waals surface area contributed by atoms with Crippen LogP contribution in [0.25, 0.3) is 17.2 Å². The number of nitrogens with one attached hydrogen (secondary N) is 1. The summed E-state index contributed by atoms with van der Waals surface area (Å²) in [6.45, 7) is 0. The van der Waals surface area contributed by atoms with Gasteiger partial charge in [0.05, 0.1) is 5.41 Å². The summed E-state index contributed by atoms with van der Waals surface area (Å²) in [6.07, 6.45) is 20.0. The third-order valence-electron chi connectivity index (χ3n) is 9.20. The van der Waals surface area contributed by atoms with E-state index in [-0.39, 0.29) is 5.92 Å². The fraction of sp³-hybridized carbons (Fsp3) is 0.0698. The largest absolute Gasteiger partial charge is 0.488 e. The van der Waals surface area contributed by atoms with Crippen molar-refractivity contribution in [3.05, 3.63) is 210 Å². The second-order valence-corrected chi connectivity index (χ2v) is 12.0. The lowest BCUT2D eigenvalue weighted by molar-refractivity contribution is 0.426. The van der Waals surface area contributed by atoms with Crippen LogP contribution in [0.15, 0.2) is 182 Å². The Morgan fingerprint density at radius 3 is 2.09 bits per heavy atom. The van der Waals surface area contributed by atoms with Crippen LogP contribution in [0.2, 0.25) is 0 Å². The smallest absolute Gasteiger partial charge is 0.423 e. The Morgan fingerprint density at radius 2 is 1.40 bits per heavy atom. The van der Waals surface area contributed by atoms with Crippen molar-refractivity contribution < 1.29 is 10.0 Å². The maximum Gasteiger partial charge on any atom is 0.488 e. The van der Waals surface area contributed by atoms with Crippen LogP contribution in [0, 0.1) is 5.92 Å². The second-order valence-electron chi connectivity index (χ2n) is 12.0. The first-order valence-electron chi connectivity index (χ1n) is 16.1. The van der Waals surface area contributed by atoms with Crippen LogP contribution in [0.3, 0.4) is 0 Å². The van der Waals surface area contributed by atoms with Gasteiger partial charge in [0.1, 0.15) is 0 Å². The molecule has 0 heterocycles. The van der Waals surface area contributed by atoms with Gasteiger partial charge in [-0.05, 0) is 74.6 Å². The van der Waals surface area contributed by atoms with Crippen LogP contribution in [0.4, 0.5) is 5.69 Å². The zero-order valence-corrected chi connectivity index (χ0v) is 26.1. The van der Waals surface area contributed by atoms with E-state index < -0.39 is 12.5 Å². The van der Waals surface area contributed by atoms with Gasteiger partial charge in [0.2, 0.25) is 0 Å². The van der Waals surface area contributed by atoms with Crippen LogP contribution >= 0.6 is 0 Å². The predicted octanol–water partition coefficient (Wildman–Crippen LogP) is 8.43. The van der Waals surface area contributed by atoms with E-state index in [0.717, 1.165) is 17.7 Å². The molecular weight excluding hydrogens is 573 g/mol. The lowest BCUT2D eigenvalue weighted by Gasteiger charge is -2.34. The van der Waals surface area contributed by atoms with Crippen molar-refractivity contribution in [2.45, 2.75) is 11.8 Å². The number of allylic oxidation sites excluding steroid dienone is 8. The van der Waals surface area contributed by atoms with Crippen molar-refractivity contribution in [1.82, 2.24) is 0 Å². The van der Waals surface area contributed by atoms with Crippen LogP contribution < -0.4 is 10.8 Å². The van der Waals surface area contributed by atoms with E-state index in [4.69, 9.17) is 0 Å². The van der Waals surface area contributed by atoms with E-state index in [0.29, 0.717) is 5.46 Å². The molecule has 5 aromatic rings. The van der Waals surface area contributed by atoms with Crippen molar-refractivity contribution >= 4 is 24.3 Å². The summed E-state index contributed by atoms with van der Waals surface area (Å²) < 4.78 is 0. The minimum atomic E-state index is -1.46. The molecule has 1 unspecified atom stereocenters. The fourth-order valence-electron chi connectivity index (χ4n) is 6.94. The molecule has 0 amide bonds. The molecule has 3 N–H and O–H groups in total. The number of benzene rings is 5. The lowest BCUT2D eigenvalue weighted by Crippen LogP contribution is -2.29. The van der Waals surface area contributed by atoms with Crippen LogP contribution in [0.1, 0.15) is 34.2 Å². The van der Waals surface area contributed by atoms with Gasteiger partial charge in [-0.15, -0.1) is 0 Å². The van der Waals surface area contributed by atoms with Crippen LogP contribution in [-0.4, -0.2) is 17.2 Å². The molecule has 47 heavy (non-hydrogen) atoms. The van der Waals surface area contributed by atoms with E-state index in [1.807, 2.05) is 18.3 Å². The molecule has 228 valence electrons. The van der Waals surface area contributed by atoms with E-state index >= 15 is 0 Å². The standard InChI is InChI=1S/C43H36BNO2/c46-44(47)37-26-23-32(24-27-37)22-25-34(33-13-4-1-5-14-33)15-12-30-45-38-28-29-40-39-20-10-11-21-41(39)43(42(40)31-38,35-16-6-2-7-17-35)36-18-8-3-9-19-36/h1-13,15-31,33,45-47H,14H2/b25-22-,30-12+,34-15+. The zero-order valence-electron chi connectivity index (χ0n) is 26.1. The van der Waals surface area contributed by atoms with Gasteiger partial charge in [-0.3, -0.25) is 0 Å². The van der Waals surface area contributed by atoms with Crippen molar-refractivity contribution in [1.29, 1.82) is 0 Å². The normalized spacial score (nSPS) is 16.4. The molecule has 0 saturated heterocycles. The summed E-state index contributed by atoms with van der Waals surface area (Å²) in [5.41, 5.74) is 10.9. The molecule has 0 aliphatic heterocycles. The Hall–Kier alpha value is -5.42. The Kier molecular flexibility index (Phi) is 8.70. The van der Waals surface area contributed by atoms with Crippen LogP contribution in [0.5, 0.6) is 0 Å². The maximum atomic E-state index is 9.42. The summed E-state index contributed by atoms with van der Waals surface area (Å²) in [6, 6.07) is 44.5. The van der Waals surface area contributed by atoms with Gasteiger partial charge in [0.25, 0.3) is 0 Å². The monoisotopic (exact) mass is 609 g/mol. The van der Waals surface area contributed by atoms with E-state index in [1.165, 1.54) is 39.0 Å². The van der Waals surface area contributed by atoms with E-state index in [1.54, 1.807) is 12.1 Å². The average molecular weight is 610 g/mol. The summed E-state index contributed by atoms with van der Waals surface area (Å²) >= 11 is 0. The number of hydrogen-bond acceptors (Lipinski definition) is 3. The van der Waals surface area contributed by atoms with Gasteiger partial charge in [0.15, 0.2) is 0 Å². The fourth-order valence-corrected chi connectivity index (χ4v) is 6.94. The molecule has 2 aliphatic rings. The SMILES string of the molecule is OB(O)c1ccc(\C=C/C(=C\C=C\Nc2ccc3c(c2)C(c2ccccc2)(c2ccccc2)c2ccccc2-3)C2C=CC=CC2)cc1. The number of anilines is 1. The highest BCUT2D eigenvalue weighted by atomic mass is 16.4. The summed E-state index contributed by atoms with van der Waals surface area (Å²) in [4.78, 5) is 0. The quantitative estimate of drug-likeness (QED) is 0.114. The second kappa shape index (κ2) is 13.5. The van der Waals surface area contributed by atoms with Gasteiger partial charge < -0.3 is 15.4 Å². The molecule has 0 bridgehead atoms. The number of fused-ring (bicyclic) bond motifs is 3. The van der Waals surface area contributed by atoms with E-state index in [2.05, 4.69) is 157 Å². The molecule has 4 heteroatoms. The van der Waals surface area contributed by atoms with Gasteiger partial charge in [0, 0.05) is 17.8 Å². The summed E-state index contributed by atoms with van der Waals surface area (Å²) in [7, 11) is -1.46. The molecule has 5 aromatic carbocycles. The third-order valence-corrected chi connectivity index (χ3v) is 9.20. The highest BCUT2D eigenvalue weighted by molar-refractivity contribution is 6.58. The molecule has 3 nitrogen and oxygen atoms in total. The Bertz CT molecular complexity index is 1970. The molecule has 0 aromatic heterocycles. The molecule has 7 rings (SSSR count). The Morgan fingerprint density at radius 1 is 0.723 bits per heavy atom. The first-order chi connectivity index (χ1) is 23.1. The first-order valence-corrected chi connectivity index (χ1v) is 16.1. The molecular formula is C43H36BNO2. The third kappa shape index (κ3) is 5.97. The van der Waals surface area contributed by atoms with Crippen molar-refractivity contribution in [3.8, 4) is 11.1 Å². The minimum absolute atomic E-state index is 0.273. The van der Waals surface area contributed by atoms with Crippen molar-refractivity contribution in [2.75, 3.05) is 5.32 Å². The lowest BCUT2D eigenvalue weighted by atomic mass is 9.67. The Labute approximate surface area is 277 Å². The molecule has 0 fully saturated rings. The van der Waals surface area contributed by atoms with Crippen LogP contribution in [-0.2, 0) is 5.41 Å². The van der Waals surface area contributed by atoms with Gasteiger partial charge in [-0.25, -0.2) is 0 Å². The Balaban J connectivity index is 1.22. The van der Waals surface area contributed by atoms with Crippen molar-refractivity contribution in [3.63, 3.8) is 0 Å². The predicted molar refractivity (Wildman–Crippen MR) is 196 cm³/mol. The first kappa shape index (κ1) is 30.3. The molecule has 0 radical (unpaired) electrons. The highest BCUT2D eigenvalue weighted by Crippen LogP contribution is 2.56. The molecule has 2 aliphatic carbocycles. The summed E-state index contributed by atoms with van der Waals surface area (Å²) in [5, 5.41) is 22.4.